The van der Waals surface area contributed by atoms with Gasteiger partial charge in [-0.05, 0) is 36.8 Å². The Balaban J connectivity index is 2.42. The van der Waals surface area contributed by atoms with Crippen molar-refractivity contribution in [3.63, 3.8) is 0 Å². The summed E-state index contributed by atoms with van der Waals surface area (Å²) >= 11 is 4.70. The molecule has 0 aliphatic carbocycles. The number of ether oxygens (including phenoxy) is 1. The van der Waals surface area contributed by atoms with E-state index in [-0.39, 0.29) is 4.77 Å². The van der Waals surface area contributed by atoms with Gasteiger partial charge in [0.2, 0.25) is 5.88 Å². The van der Waals surface area contributed by atoms with E-state index in [1.54, 1.807) is 12.1 Å². The first-order valence-corrected chi connectivity index (χ1v) is 6.34. The maximum Gasteiger partial charge on any atom is 0.268 e. The van der Waals surface area contributed by atoms with Crippen molar-refractivity contribution in [3.8, 4) is 11.6 Å². The van der Waals surface area contributed by atoms with Crippen LogP contribution in [0.25, 0.3) is 0 Å². The van der Waals surface area contributed by atoms with E-state index >= 15 is 0 Å². The predicted molar refractivity (Wildman–Crippen MR) is 79.6 cm³/mol. The van der Waals surface area contributed by atoms with E-state index in [1.165, 1.54) is 7.11 Å². The molecule has 1 aromatic heterocycles. The monoisotopic (exact) mass is 307 g/mol. The minimum Gasteiger partial charge on any atom is -0.495 e. The van der Waals surface area contributed by atoms with Crippen molar-refractivity contribution in [2.75, 3.05) is 12.4 Å². The van der Waals surface area contributed by atoms with Crippen LogP contribution in [-0.2, 0) is 0 Å². The second-order valence-corrected chi connectivity index (χ2v) is 4.70. The summed E-state index contributed by atoms with van der Waals surface area (Å²) in [5, 5.41) is 12.2. The number of aryl methyl sites for hydroxylation is 1. The van der Waals surface area contributed by atoms with Crippen molar-refractivity contribution >= 4 is 23.8 Å². The highest BCUT2D eigenvalue weighted by atomic mass is 32.1. The molecule has 0 aliphatic rings. The number of H-pyrrole nitrogens is 2. The molecule has 0 saturated carbocycles. The standard InChI is InChI=1S/C13H13N3O4S/c1-6-3-4-8(20-2)7(5-6)14-10(17)9-11(18)15-13(21)16-12(9)19/h3-5H,1-2H3,(H,14,17)(H3,15,16,18,19,21). The van der Waals surface area contributed by atoms with Gasteiger partial charge in [-0.2, -0.15) is 0 Å². The summed E-state index contributed by atoms with van der Waals surface area (Å²) in [5.74, 6) is -0.925. The topological polar surface area (TPSA) is 107 Å². The summed E-state index contributed by atoms with van der Waals surface area (Å²) in [6.07, 6.45) is 0. The minimum absolute atomic E-state index is 0.0674. The van der Waals surface area contributed by atoms with Crippen molar-refractivity contribution in [3.05, 3.63) is 44.5 Å². The average Bonchev–Trinajstić information content (AvgIpc) is 2.37. The molecule has 2 rings (SSSR count). The normalized spacial score (nSPS) is 10.2. The summed E-state index contributed by atoms with van der Waals surface area (Å²) < 4.78 is 5.06. The lowest BCUT2D eigenvalue weighted by Gasteiger charge is -2.11. The third kappa shape index (κ3) is 3.11. The lowest BCUT2D eigenvalue weighted by Crippen LogP contribution is -2.24. The maximum atomic E-state index is 12.1. The van der Waals surface area contributed by atoms with Crippen LogP contribution in [0, 0.1) is 11.7 Å². The molecule has 0 aliphatic heterocycles. The molecule has 110 valence electrons. The van der Waals surface area contributed by atoms with E-state index in [0.717, 1.165) is 5.56 Å². The molecule has 0 bridgehead atoms. The van der Waals surface area contributed by atoms with E-state index in [0.29, 0.717) is 11.4 Å². The smallest absolute Gasteiger partial charge is 0.268 e. The van der Waals surface area contributed by atoms with Crippen LogP contribution in [0.4, 0.5) is 5.69 Å². The van der Waals surface area contributed by atoms with E-state index in [9.17, 15) is 14.7 Å². The molecular weight excluding hydrogens is 294 g/mol. The van der Waals surface area contributed by atoms with Crippen LogP contribution in [0.15, 0.2) is 23.0 Å². The van der Waals surface area contributed by atoms with Crippen LogP contribution in [0.2, 0.25) is 0 Å². The summed E-state index contributed by atoms with van der Waals surface area (Å²) in [5.41, 5.74) is 0.0629. The molecule has 0 fully saturated rings. The zero-order valence-electron chi connectivity index (χ0n) is 11.3. The summed E-state index contributed by atoms with van der Waals surface area (Å²) in [7, 11) is 1.46. The Morgan fingerprint density at radius 3 is 2.71 bits per heavy atom. The van der Waals surface area contributed by atoms with Gasteiger partial charge in [-0.25, -0.2) is 0 Å². The molecule has 7 nitrogen and oxygen atoms in total. The number of carbonyl (C=O) groups excluding carboxylic acids is 1. The molecule has 21 heavy (non-hydrogen) atoms. The number of carbonyl (C=O) groups is 1. The number of aromatic amines is 2. The van der Waals surface area contributed by atoms with Crippen molar-refractivity contribution in [1.82, 2.24) is 9.97 Å². The van der Waals surface area contributed by atoms with Gasteiger partial charge in [0.05, 0.1) is 12.8 Å². The number of nitrogens with one attached hydrogen (secondary N) is 3. The number of methoxy groups -OCH3 is 1. The van der Waals surface area contributed by atoms with Gasteiger partial charge in [0.25, 0.3) is 11.5 Å². The maximum absolute atomic E-state index is 12.1. The van der Waals surface area contributed by atoms with Crippen LogP contribution in [0.5, 0.6) is 11.6 Å². The first kappa shape index (κ1) is 14.8. The second kappa shape index (κ2) is 5.80. The fourth-order valence-electron chi connectivity index (χ4n) is 1.79. The highest BCUT2D eigenvalue weighted by Gasteiger charge is 2.18. The quantitative estimate of drug-likeness (QED) is 0.646. The van der Waals surface area contributed by atoms with E-state index < -0.39 is 22.9 Å². The fraction of sp³-hybridized carbons (Fsp3) is 0.154. The molecule has 0 spiro atoms. The predicted octanol–water partition coefficient (Wildman–Crippen LogP) is 1.71. The lowest BCUT2D eigenvalue weighted by molar-refractivity contribution is 0.102. The Bertz CT molecular complexity index is 810. The molecule has 0 saturated heterocycles. The van der Waals surface area contributed by atoms with Crippen molar-refractivity contribution in [1.29, 1.82) is 0 Å². The first-order valence-electron chi connectivity index (χ1n) is 5.94. The van der Waals surface area contributed by atoms with Crippen LogP contribution in [-0.4, -0.2) is 28.1 Å². The summed E-state index contributed by atoms with van der Waals surface area (Å²) in [6.45, 7) is 1.85. The number of rotatable bonds is 3. The largest absolute Gasteiger partial charge is 0.495 e. The number of hydrogen-bond acceptors (Lipinski definition) is 5. The second-order valence-electron chi connectivity index (χ2n) is 4.29. The van der Waals surface area contributed by atoms with E-state index in [2.05, 4.69) is 15.3 Å². The van der Waals surface area contributed by atoms with Gasteiger partial charge in [-0.1, -0.05) is 6.07 Å². The molecule has 8 heteroatoms. The average molecular weight is 307 g/mol. The SMILES string of the molecule is COc1ccc(C)cc1NC(=O)c1c(O)[nH]c(=S)[nH]c1=O. The number of aromatic hydroxyl groups is 1. The number of anilines is 1. The highest BCUT2D eigenvalue weighted by Crippen LogP contribution is 2.26. The van der Waals surface area contributed by atoms with Gasteiger partial charge in [-0.15, -0.1) is 0 Å². The third-order valence-corrected chi connectivity index (χ3v) is 2.96. The Kier molecular flexibility index (Phi) is 4.08. The molecule has 2 aromatic rings. The van der Waals surface area contributed by atoms with Gasteiger partial charge in [0.1, 0.15) is 5.75 Å². The minimum atomic E-state index is -0.777. The van der Waals surface area contributed by atoms with Gasteiger partial charge in [0, 0.05) is 0 Å². The van der Waals surface area contributed by atoms with Gasteiger partial charge in [0.15, 0.2) is 10.3 Å². The molecule has 1 amide bonds. The summed E-state index contributed by atoms with van der Waals surface area (Å²) in [6, 6.07) is 5.19. The van der Waals surface area contributed by atoms with Crippen molar-refractivity contribution in [2.45, 2.75) is 6.92 Å². The molecule has 0 unspecified atom stereocenters. The van der Waals surface area contributed by atoms with Crippen LogP contribution < -0.4 is 15.6 Å². The Morgan fingerprint density at radius 1 is 1.38 bits per heavy atom. The van der Waals surface area contributed by atoms with Gasteiger partial charge < -0.3 is 20.1 Å². The molecule has 0 radical (unpaired) electrons. The van der Waals surface area contributed by atoms with E-state index in [1.807, 2.05) is 13.0 Å². The molecule has 4 N–H and O–H groups in total. The Morgan fingerprint density at radius 2 is 2.10 bits per heavy atom. The van der Waals surface area contributed by atoms with Crippen molar-refractivity contribution in [2.24, 2.45) is 0 Å². The van der Waals surface area contributed by atoms with Crippen molar-refractivity contribution < 1.29 is 14.6 Å². The fourth-order valence-corrected chi connectivity index (χ4v) is 1.98. The third-order valence-electron chi connectivity index (χ3n) is 2.75. The highest BCUT2D eigenvalue weighted by molar-refractivity contribution is 7.71. The van der Waals surface area contributed by atoms with Crippen LogP contribution in [0.3, 0.4) is 0 Å². The van der Waals surface area contributed by atoms with Gasteiger partial charge in [-0.3, -0.25) is 14.6 Å². The Hall–Kier alpha value is -2.61. The first-order chi connectivity index (χ1) is 9.92. The summed E-state index contributed by atoms with van der Waals surface area (Å²) in [4.78, 5) is 28.4. The number of aromatic nitrogens is 2. The zero-order valence-corrected chi connectivity index (χ0v) is 12.1. The van der Waals surface area contributed by atoms with Gasteiger partial charge >= 0.3 is 0 Å². The lowest BCUT2D eigenvalue weighted by atomic mass is 10.2. The molecular formula is C13H13N3O4S. The molecule has 1 heterocycles. The number of benzene rings is 1. The zero-order chi connectivity index (χ0) is 15.6. The molecule has 0 atom stereocenters. The Labute approximate surface area is 124 Å². The number of amides is 1. The van der Waals surface area contributed by atoms with E-state index in [4.69, 9.17) is 17.0 Å². The number of hydrogen-bond donors (Lipinski definition) is 4. The van der Waals surface area contributed by atoms with Crippen LogP contribution in [0.1, 0.15) is 15.9 Å². The van der Waals surface area contributed by atoms with Crippen LogP contribution >= 0.6 is 12.2 Å². The molecule has 1 aromatic carbocycles.